The first-order valence-corrected chi connectivity index (χ1v) is 8.82. The number of carbonyl (C=O) groups excluding carboxylic acids is 1. The van der Waals surface area contributed by atoms with Crippen LogP contribution in [0.2, 0.25) is 0 Å². The van der Waals surface area contributed by atoms with E-state index >= 15 is 0 Å². The predicted molar refractivity (Wildman–Crippen MR) is 93.7 cm³/mol. The summed E-state index contributed by atoms with van der Waals surface area (Å²) < 4.78 is 23.5. The Morgan fingerprint density at radius 3 is 2.77 bits per heavy atom. The monoisotopic (exact) mass is 365 g/mol. The molecular formula is C19H27NO6. The molecule has 1 aromatic rings. The third kappa shape index (κ3) is 4.01. The second kappa shape index (κ2) is 7.15. The van der Waals surface area contributed by atoms with Crippen molar-refractivity contribution in [3.8, 4) is 5.75 Å². The third-order valence-electron chi connectivity index (χ3n) is 4.64. The molecule has 5 atom stereocenters. The van der Waals surface area contributed by atoms with E-state index in [2.05, 4.69) is 5.32 Å². The summed E-state index contributed by atoms with van der Waals surface area (Å²) in [5, 5.41) is 13.6. The number of benzene rings is 1. The van der Waals surface area contributed by atoms with Crippen molar-refractivity contribution in [1.82, 2.24) is 5.32 Å². The Labute approximate surface area is 153 Å². The number of rotatable bonds is 3. The van der Waals surface area contributed by atoms with Crippen LogP contribution in [-0.2, 0) is 19.0 Å². The van der Waals surface area contributed by atoms with E-state index in [9.17, 15) is 9.90 Å². The summed E-state index contributed by atoms with van der Waals surface area (Å²) in [7, 11) is 0. The van der Waals surface area contributed by atoms with Crippen molar-refractivity contribution in [1.29, 1.82) is 0 Å². The van der Waals surface area contributed by atoms with E-state index in [1.54, 1.807) is 13.8 Å². The quantitative estimate of drug-likeness (QED) is 0.843. The maximum Gasteiger partial charge on any atom is 0.223 e. The minimum atomic E-state index is -0.990. The predicted octanol–water partition coefficient (Wildman–Crippen LogP) is 1.42. The molecular weight excluding hydrogens is 338 g/mol. The summed E-state index contributed by atoms with van der Waals surface area (Å²) in [4.78, 5) is 11.7. The minimum Gasteiger partial charge on any atom is -0.462 e. The number of aliphatic hydroxyl groups excluding tert-OH is 1. The van der Waals surface area contributed by atoms with Crippen LogP contribution in [0, 0.1) is 13.8 Å². The number of aryl methyl sites for hydroxylation is 2. The molecule has 0 bridgehead atoms. The molecule has 7 heteroatoms. The molecule has 2 N–H and O–H groups in total. The molecule has 2 aliphatic heterocycles. The first-order valence-electron chi connectivity index (χ1n) is 8.82. The highest BCUT2D eigenvalue weighted by molar-refractivity contribution is 5.73. The summed E-state index contributed by atoms with van der Waals surface area (Å²) in [6, 6.07) is 5.09. The van der Waals surface area contributed by atoms with Gasteiger partial charge in [-0.25, -0.2) is 0 Å². The topological polar surface area (TPSA) is 86.3 Å². The largest absolute Gasteiger partial charge is 0.462 e. The van der Waals surface area contributed by atoms with E-state index in [1.807, 2.05) is 32.0 Å². The van der Waals surface area contributed by atoms with Crippen LogP contribution in [-0.4, -0.2) is 54.1 Å². The van der Waals surface area contributed by atoms with Gasteiger partial charge < -0.3 is 29.4 Å². The van der Waals surface area contributed by atoms with Crippen molar-refractivity contribution in [3.63, 3.8) is 0 Å². The second-order valence-electron chi connectivity index (χ2n) is 7.44. The SMILES string of the molecule is CC(=O)N[C@H]1[C@H](Oc2cc(C)ccc2C)O[C@H]2COC(C)(C)O[C@@H]2[C@H]1O. The van der Waals surface area contributed by atoms with E-state index in [-0.39, 0.29) is 12.5 Å². The zero-order chi connectivity index (χ0) is 19.1. The summed E-state index contributed by atoms with van der Waals surface area (Å²) in [5.74, 6) is -0.460. The van der Waals surface area contributed by atoms with Crippen molar-refractivity contribution in [2.24, 2.45) is 0 Å². The van der Waals surface area contributed by atoms with Crippen LogP contribution >= 0.6 is 0 Å². The number of nitrogens with one attached hydrogen (secondary N) is 1. The number of ether oxygens (including phenoxy) is 4. The molecule has 2 fully saturated rings. The lowest BCUT2D eigenvalue weighted by Crippen LogP contribution is -2.69. The van der Waals surface area contributed by atoms with Crippen LogP contribution in [0.15, 0.2) is 18.2 Å². The van der Waals surface area contributed by atoms with E-state index in [4.69, 9.17) is 18.9 Å². The van der Waals surface area contributed by atoms with Crippen LogP contribution in [0.3, 0.4) is 0 Å². The average Bonchev–Trinajstić information content (AvgIpc) is 2.54. The van der Waals surface area contributed by atoms with Gasteiger partial charge in [0.1, 0.15) is 30.1 Å². The van der Waals surface area contributed by atoms with Crippen molar-refractivity contribution in [2.75, 3.05) is 6.61 Å². The molecule has 2 aliphatic rings. The van der Waals surface area contributed by atoms with Crippen molar-refractivity contribution < 1.29 is 28.8 Å². The Morgan fingerprint density at radius 1 is 1.35 bits per heavy atom. The van der Waals surface area contributed by atoms with Gasteiger partial charge in [-0.15, -0.1) is 0 Å². The lowest BCUT2D eigenvalue weighted by Gasteiger charge is -2.49. The fraction of sp³-hybridized carbons (Fsp3) is 0.632. The Balaban J connectivity index is 1.85. The van der Waals surface area contributed by atoms with Gasteiger partial charge in [0, 0.05) is 6.92 Å². The maximum atomic E-state index is 11.7. The molecule has 26 heavy (non-hydrogen) atoms. The molecule has 1 aromatic carbocycles. The number of hydrogen-bond donors (Lipinski definition) is 2. The van der Waals surface area contributed by atoms with Gasteiger partial charge in [0.05, 0.1) is 6.61 Å². The van der Waals surface area contributed by atoms with Crippen LogP contribution in [0.5, 0.6) is 5.75 Å². The highest BCUT2D eigenvalue weighted by Gasteiger charge is 2.52. The van der Waals surface area contributed by atoms with Gasteiger partial charge in [-0.1, -0.05) is 12.1 Å². The first-order chi connectivity index (χ1) is 12.2. The molecule has 0 unspecified atom stereocenters. The average molecular weight is 365 g/mol. The summed E-state index contributed by atoms with van der Waals surface area (Å²) >= 11 is 0. The van der Waals surface area contributed by atoms with E-state index < -0.39 is 36.4 Å². The molecule has 144 valence electrons. The molecule has 1 amide bonds. The summed E-state index contributed by atoms with van der Waals surface area (Å²) in [6.07, 6.45) is -2.95. The highest BCUT2D eigenvalue weighted by Crippen LogP contribution is 2.34. The van der Waals surface area contributed by atoms with Crippen LogP contribution in [0.25, 0.3) is 0 Å². The Bertz CT molecular complexity index is 676. The van der Waals surface area contributed by atoms with Gasteiger partial charge in [-0.2, -0.15) is 0 Å². The molecule has 0 aromatic heterocycles. The van der Waals surface area contributed by atoms with Crippen LogP contribution in [0.4, 0.5) is 0 Å². The molecule has 7 nitrogen and oxygen atoms in total. The van der Waals surface area contributed by atoms with Gasteiger partial charge in [0.2, 0.25) is 12.2 Å². The lowest BCUT2D eigenvalue weighted by molar-refractivity contribution is -0.361. The normalized spacial score (nSPS) is 33.2. The number of aliphatic hydroxyl groups is 1. The summed E-state index contributed by atoms with van der Waals surface area (Å²) in [5.41, 5.74) is 1.98. The molecule has 2 heterocycles. The smallest absolute Gasteiger partial charge is 0.223 e. The molecule has 0 saturated carbocycles. The van der Waals surface area contributed by atoms with E-state index in [0.29, 0.717) is 5.75 Å². The van der Waals surface area contributed by atoms with Gasteiger partial charge in [-0.3, -0.25) is 4.79 Å². The number of hydrogen-bond acceptors (Lipinski definition) is 6. The zero-order valence-corrected chi connectivity index (χ0v) is 15.8. The first kappa shape index (κ1) is 19.1. The van der Waals surface area contributed by atoms with Gasteiger partial charge >= 0.3 is 0 Å². The van der Waals surface area contributed by atoms with E-state index in [0.717, 1.165) is 11.1 Å². The zero-order valence-electron chi connectivity index (χ0n) is 15.8. The van der Waals surface area contributed by atoms with Crippen LogP contribution in [0.1, 0.15) is 31.9 Å². The van der Waals surface area contributed by atoms with E-state index in [1.165, 1.54) is 6.92 Å². The lowest BCUT2D eigenvalue weighted by atomic mass is 9.95. The third-order valence-corrected chi connectivity index (χ3v) is 4.64. The number of amides is 1. The van der Waals surface area contributed by atoms with Gasteiger partial charge in [0.25, 0.3) is 0 Å². The Kier molecular flexibility index (Phi) is 5.25. The molecule has 0 spiro atoms. The van der Waals surface area contributed by atoms with Crippen molar-refractivity contribution >= 4 is 5.91 Å². The molecule has 3 rings (SSSR count). The standard InChI is InChI=1S/C19H27NO6/c1-10-6-7-11(2)13(8-10)24-18-15(20-12(3)21)16(22)17-14(25-18)9-23-19(4,5)26-17/h6-8,14-18,22H,9H2,1-5H3,(H,20,21)/t14-,15+,16-,17-,18+/m0/s1. The molecule has 2 saturated heterocycles. The van der Waals surface area contributed by atoms with Gasteiger partial charge in [0.15, 0.2) is 5.79 Å². The number of carbonyl (C=O) groups is 1. The molecule has 0 aliphatic carbocycles. The minimum absolute atomic E-state index is 0.272. The van der Waals surface area contributed by atoms with Crippen molar-refractivity contribution in [3.05, 3.63) is 29.3 Å². The highest BCUT2D eigenvalue weighted by atomic mass is 16.8. The second-order valence-corrected chi connectivity index (χ2v) is 7.44. The van der Waals surface area contributed by atoms with Gasteiger partial charge in [-0.05, 0) is 44.9 Å². The fourth-order valence-electron chi connectivity index (χ4n) is 3.29. The fourth-order valence-corrected chi connectivity index (χ4v) is 3.29. The molecule has 0 radical (unpaired) electrons. The Morgan fingerprint density at radius 2 is 2.08 bits per heavy atom. The van der Waals surface area contributed by atoms with Crippen molar-refractivity contribution in [2.45, 2.75) is 71.0 Å². The van der Waals surface area contributed by atoms with Crippen LogP contribution < -0.4 is 10.1 Å². The summed E-state index contributed by atoms with van der Waals surface area (Å²) in [6.45, 7) is 9.12. The maximum absolute atomic E-state index is 11.7. The Hall–Kier alpha value is -1.67. The number of fused-ring (bicyclic) bond motifs is 1.